The molecule has 1 heteroatoms. The molecule has 5 rings (SSSR count). The quantitative estimate of drug-likeness (QED) is 0.100. The van der Waals surface area contributed by atoms with Crippen LogP contribution < -0.4 is 0 Å². The van der Waals surface area contributed by atoms with E-state index in [9.17, 15) is 0 Å². The number of hydrogen-bond donors (Lipinski definition) is 0. The Morgan fingerprint density at radius 3 is 1.26 bits per heavy atom. The molecule has 0 unspecified atom stereocenters. The van der Waals surface area contributed by atoms with Gasteiger partial charge in [-0.1, -0.05) is 167 Å². The van der Waals surface area contributed by atoms with Crippen LogP contribution in [0.2, 0.25) is 0 Å². The predicted octanol–water partition coefficient (Wildman–Crippen LogP) is 10.1. The van der Waals surface area contributed by atoms with Gasteiger partial charge in [-0.2, -0.15) is 0 Å². The summed E-state index contributed by atoms with van der Waals surface area (Å²) in [5.74, 6) is 7.34. The molecule has 1 saturated carbocycles. The van der Waals surface area contributed by atoms with E-state index in [2.05, 4.69) is 138 Å². The first-order valence-electron chi connectivity index (χ1n) is 13.2. The Labute approximate surface area is 246 Å². The van der Waals surface area contributed by atoms with Crippen molar-refractivity contribution in [2.24, 2.45) is 0 Å². The molecule has 0 saturated heterocycles. The average molecular weight is 551 g/mol. The zero-order valence-electron chi connectivity index (χ0n) is 23.4. The summed E-state index contributed by atoms with van der Waals surface area (Å²) in [6.07, 6.45) is 5.91. The van der Waals surface area contributed by atoms with Gasteiger partial charge in [0, 0.05) is 0 Å². The second-order valence-corrected chi connectivity index (χ2v) is 9.69. The van der Waals surface area contributed by atoms with E-state index in [0.717, 1.165) is 22.3 Å². The van der Waals surface area contributed by atoms with E-state index in [1.54, 1.807) is 0 Å². The first kappa shape index (κ1) is 30.4. The Hall–Kier alpha value is -3.15. The molecule has 0 bridgehead atoms. The maximum atomic E-state index is 3.66. The fraction of sp³-hybridized carbons (Fsp3) is 0.132. The molecule has 4 aromatic carbocycles. The topological polar surface area (TPSA) is 0 Å². The van der Waals surface area contributed by atoms with Gasteiger partial charge in [0.25, 0.3) is 0 Å². The first-order chi connectivity index (χ1) is 18.5. The second kappa shape index (κ2) is 14.9. The van der Waals surface area contributed by atoms with Crippen LogP contribution in [0, 0.1) is 35.7 Å². The molecule has 0 aliphatic heterocycles. The molecular formula is C38H36Ni+. The van der Waals surface area contributed by atoms with Gasteiger partial charge in [0.15, 0.2) is 0 Å². The zero-order chi connectivity index (χ0) is 26.9. The number of allylic oxidation sites excluding steroid dienone is 2. The summed E-state index contributed by atoms with van der Waals surface area (Å²) >= 11 is 0. The maximum Gasteiger partial charge on any atom is 2.00 e. The zero-order valence-corrected chi connectivity index (χ0v) is 24.4. The van der Waals surface area contributed by atoms with Gasteiger partial charge in [-0.05, 0) is 35.2 Å². The van der Waals surface area contributed by atoms with Crippen LogP contribution in [-0.4, -0.2) is 0 Å². The molecule has 1 aliphatic carbocycles. The number of benzene rings is 4. The fourth-order valence-corrected chi connectivity index (χ4v) is 4.61. The largest absolute Gasteiger partial charge is 2.00 e. The van der Waals surface area contributed by atoms with Gasteiger partial charge in [0.05, 0.1) is 0 Å². The SMILES string of the molecule is C[C]1[C](C)[C](C)[C](C)[C]1C.[C-](=C(/C(=C\c1ccccc1)c1ccccc1)c1ccccc1)c1ccccc1.[Ni+2]. The molecular weight excluding hydrogens is 515 g/mol. The van der Waals surface area contributed by atoms with Crippen LogP contribution in [0.15, 0.2) is 121 Å². The van der Waals surface area contributed by atoms with Crippen molar-refractivity contribution in [3.63, 3.8) is 0 Å². The smallest absolute Gasteiger partial charge is 0.123 e. The minimum absolute atomic E-state index is 0. The molecule has 39 heavy (non-hydrogen) atoms. The Kier molecular flexibility index (Phi) is 11.6. The predicted molar refractivity (Wildman–Crippen MR) is 164 cm³/mol. The van der Waals surface area contributed by atoms with Crippen LogP contribution in [0.5, 0.6) is 0 Å². The van der Waals surface area contributed by atoms with Crippen molar-refractivity contribution in [2.45, 2.75) is 34.6 Å². The van der Waals surface area contributed by atoms with Gasteiger partial charge < -0.3 is 0 Å². The van der Waals surface area contributed by atoms with Gasteiger partial charge >= 0.3 is 16.5 Å². The van der Waals surface area contributed by atoms with Gasteiger partial charge in [0.1, 0.15) is 0 Å². The molecule has 0 heterocycles. The third kappa shape index (κ3) is 7.94. The summed E-state index contributed by atoms with van der Waals surface area (Å²) in [4.78, 5) is 0. The molecule has 0 N–H and O–H groups in total. The normalized spacial score (nSPS) is 15.9. The van der Waals surface area contributed by atoms with E-state index in [1.165, 1.54) is 40.7 Å². The van der Waals surface area contributed by atoms with Crippen molar-refractivity contribution in [1.29, 1.82) is 0 Å². The molecule has 4 aromatic rings. The second-order valence-electron chi connectivity index (χ2n) is 9.69. The van der Waals surface area contributed by atoms with E-state index >= 15 is 0 Å². The van der Waals surface area contributed by atoms with Crippen LogP contribution in [0.3, 0.4) is 0 Å². The van der Waals surface area contributed by atoms with Crippen LogP contribution in [0.1, 0.15) is 56.9 Å². The summed E-state index contributed by atoms with van der Waals surface area (Å²) in [7, 11) is 0. The Balaban J connectivity index is 0.000000324. The molecule has 0 aromatic heterocycles. The number of rotatable bonds is 5. The third-order valence-corrected chi connectivity index (χ3v) is 7.38. The summed E-state index contributed by atoms with van der Waals surface area (Å²) in [5.41, 5.74) is 6.80. The van der Waals surface area contributed by atoms with Crippen molar-refractivity contribution < 1.29 is 16.5 Å². The van der Waals surface area contributed by atoms with Gasteiger partial charge in [0.2, 0.25) is 0 Å². The van der Waals surface area contributed by atoms with E-state index in [-0.39, 0.29) is 16.5 Å². The molecule has 1 fully saturated rings. The van der Waals surface area contributed by atoms with Crippen molar-refractivity contribution in [2.75, 3.05) is 0 Å². The minimum Gasteiger partial charge on any atom is -0.123 e. The van der Waals surface area contributed by atoms with Gasteiger partial charge in [-0.25, -0.2) is 0 Å². The standard InChI is InChI=1S/C28H21.C10H15.Ni/c1-5-13-23(14-6-1)21-27(25-17-9-3-10-18-25)28(26-19-11-4-12-20-26)22-24-15-7-2-8-16-24;1-6-7(2)9(4)10(5)8(6)3;/h1-21H;1-5H3;/q-1;;+2/b27-21-;;. The van der Waals surface area contributed by atoms with Crippen molar-refractivity contribution in [1.82, 2.24) is 0 Å². The van der Waals surface area contributed by atoms with Crippen molar-refractivity contribution in [3.8, 4) is 0 Å². The van der Waals surface area contributed by atoms with Crippen molar-refractivity contribution >= 4 is 17.2 Å². The van der Waals surface area contributed by atoms with E-state index in [4.69, 9.17) is 0 Å². The molecule has 5 radical (unpaired) electrons. The van der Waals surface area contributed by atoms with E-state index in [1.807, 2.05) is 30.3 Å². The van der Waals surface area contributed by atoms with Crippen LogP contribution >= 0.6 is 0 Å². The summed E-state index contributed by atoms with van der Waals surface area (Å²) in [5, 5.41) is 0. The Bertz CT molecular complexity index is 1170. The summed E-state index contributed by atoms with van der Waals surface area (Å²) in [6.45, 7) is 11.0. The summed E-state index contributed by atoms with van der Waals surface area (Å²) < 4.78 is 0. The van der Waals surface area contributed by atoms with Crippen LogP contribution in [0.25, 0.3) is 17.2 Å². The number of hydrogen-bond acceptors (Lipinski definition) is 0. The Morgan fingerprint density at radius 1 is 0.462 bits per heavy atom. The fourth-order valence-electron chi connectivity index (χ4n) is 4.61. The Morgan fingerprint density at radius 2 is 0.821 bits per heavy atom. The molecule has 197 valence electrons. The third-order valence-electron chi connectivity index (χ3n) is 7.38. The van der Waals surface area contributed by atoms with E-state index in [0.29, 0.717) is 0 Å². The van der Waals surface area contributed by atoms with Crippen molar-refractivity contribution in [3.05, 3.63) is 179 Å². The first-order valence-corrected chi connectivity index (χ1v) is 13.2. The molecule has 0 spiro atoms. The van der Waals surface area contributed by atoms with Gasteiger partial charge in [-0.3, -0.25) is 0 Å². The van der Waals surface area contributed by atoms with Gasteiger partial charge in [-0.15, -0.1) is 29.3 Å². The minimum atomic E-state index is 0. The molecule has 0 amide bonds. The monoisotopic (exact) mass is 550 g/mol. The van der Waals surface area contributed by atoms with Crippen LogP contribution in [-0.2, 0) is 16.5 Å². The van der Waals surface area contributed by atoms with E-state index < -0.39 is 0 Å². The molecule has 0 nitrogen and oxygen atoms in total. The van der Waals surface area contributed by atoms with Crippen LogP contribution in [0.4, 0.5) is 0 Å². The molecule has 0 atom stereocenters. The maximum absolute atomic E-state index is 3.66. The molecule has 1 aliphatic rings. The summed E-state index contributed by atoms with van der Waals surface area (Å²) in [6, 6.07) is 41.8. The average Bonchev–Trinajstić information content (AvgIpc) is 3.14.